The lowest BCUT2D eigenvalue weighted by Gasteiger charge is -2.25. The molecule has 1 aliphatic rings. The van der Waals surface area contributed by atoms with E-state index < -0.39 is 6.16 Å². The lowest BCUT2D eigenvalue weighted by molar-refractivity contribution is 0.141. The maximum atomic E-state index is 10.7. The minimum Gasteiger partial charge on any atom is -0.489 e. The maximum Gasteiger partial charge on any atom is 0.512 e. The molecule has 0 unspecified atom stereocenters. The fourth-order valence-electron chi connectivity index (χ4n) is 2.32. The van der Waals surface area contributed by atoms with Crippen LogP contribution >= 0.6 is 0 Å². The summed E-state index contributed by atoms with van der Waals surface area (Å²) in [4.78, 5) is 15.1. The largest absolute Gasteiger partial charge is 0.512 e. The highest BCUT2D eigenvalue weighted by Gasteiger charge is 2.20. The van der Waals surface area contributed by atoms with E-state index >= 15 is 0 Å². The fraction of sp³-hybridized carbons (Fsp3) is 0.429. The van der Waals surface area contributed by atoms with E-state index in [0.29, 0.717) is 29.6 Å². The first-order chi connectivity index (χ1) is 9.65. The Labute approximate surface area is 116 Å². The molecule has 1 saturated carbocycles. The minimum atomic E-state index is -1.35. The van der Waals surface area contributed by atoms with Gasteiger partial charge in [0.25, 0.3) is 0 Å². The van der Waals surface area contributed by atoms with Crippen LogP contribution in [0.5, 0.6) is 11.6 Å². The summed E-state index contributed by atoms with van der Waals surface area (Å²) in [7, 11) is 0. The van der Waals surface area contributed by atoms with Crippen LogP contribution < -0.4 is 9.47 Å². The maximum absolute atomic E-state index is 10.7. The second kappa shape index (κ2) is 5.03. The van der Waals surface area contributed by atoms with Crippen LogP contribution in [0.15, 0.2) is 18.3 Å². The van der Waals surface area contributed by atoms with Crippen molar-refractivity contribution < 1.29 is 19.4 Å². The molecule has 0 atom stereocenters. The fourth-order valence-corrected chi connectivity index (χ4v) is 2.32. The van der Waals surface area contributed by atoms with Gasteiger partial charge in [-0.05, 0) is 37.8 Å². The van der Waals surface area contributed by atoms with E-state index in [0.717, 1.165) is 0 Å². The topological polar surface area (TPSA) is 73.1 Å². The van der Waals surface area contributed by atoms with Gasteiger partial charge in [-0.25, -0.2) is 9.78 Å². The van der Waals surface area contributed by atoms with Gasteiger partial charge in [0.1, 0.15) is 5.69 Å². The van der Waals surface area contributed by atoms with E-state index in [9.17, 15) is 4.79 Å². The SMILES string of the molecule is Cc1nc2c(OCC3CCC3)cccn2c1OC(=O)O. The zero-order chi connectivity index (χ0) is 14.1. The van der Waals surface area contributed by atoms with Crippen LogP contribution in [0, 0.1) is 12.8 Å². The van der Waals surface area contributed by atoms with E-state index in [1.165, 1.54) is 19.3 Å². The van der Waals surface area contributed by atoms with Crippen LogP contribution in [0.3, 0.4) is 0 Å². The van der Waals surface area contributed by atoms with Crippen molar-refractivity contribution in [2.45, 2.75) is 26.2 Å². The van der Waals surface area contributed by atoms with Crippen LogP contribution in [-0.2, 0) is 0 Å². The van der Waals surface area contributed by atoms with Gasteiger partial charge in [-0.1, -0.05) is 6.42 Å². The Balaban J connectivity index is 1.90. The molecule has 1 N–H and O–H groups in total. The third-order valence-electron chi connectivity index (χ3n) is 3.62. The number of hydrogen-bond donors (Lipinski definition) is 1. The zero-order valence-electron chi connectivity index (χ0n) is 11.2. The van der Waals surface area contributed by atoms with Crippen molar-refractivity contribution in [3.05, 3.63) is 24.0 Å². The Morgan fingerprint density at radius 2 is 2.35 bits per heavy atom. The van der Waals surface area contributed by atoms with E-state index in [1.54, 1.807) is 23.6 Å². The molecule has 0 saturated heterocycles. The van der Waals surface area contributed by atoms with Gasteiger partial charge in [-0.2, -0.15) is 0 Å². The molecule has 2 heterocycles. The first-order valence-electron chi connectivity index (χ1n) is 6.66. The van der Waals surface area contributed by atoms with Gasteiger partial charge in [0.05, 0.1) is 6.61 Å². The average Bonchev–Trinajstić information content (AvgIpc) is 2.65. The number of carbonyl (C=O) groups is 1. The molecule has 0 aromatic carbocycles. The molecule has 3 rings (SSSR count). The predicted molar refractivity (Wildman–Crippen MR) is 71.4 cm³/mol. The summed E-state index contributed by atoms with van der Waals surface area (Å²) in [6.07, 6.45) is 4.06. The number of pyridine rings is 1. The van der Waals surface area contributed by atoms with Crippen molar-refractivity contribution in [3.63, 3.8) is 0 Å². The molecule has 6 nitrogen and oxygen atoms in total. The molecule has 6 heteroatoms. The molecule has 20 heavy (non-hydrogen) atoms. The summed E-state index contributed by atoms with van der Waals surface area (Å²) in [5, 5.41) is 8.76. The van der Waals surface area contributed by atoms with E-state index in [4.69, 9.17) is 14.6 Å². The molecule has 1 fully saturated rings. The molecule has 2 aromatic heterocycles. The number of imidazole rings is 1. The van der Waals surface area contributed by atoms with Crippen molar-refractivity contribution in [3.8, 4) is 11.6 Å². The average molecular weight is 276 g/mol. The number of ether oxygens (including phenoxy) is 2. The summed E-state index contributed by atoms with van der Waals surface area (Å²) in [6.45, 7) is 2.39. The van der Waals surface area contributed by atoms with Crippen molar-refractivity contribution in [1.29, 1.82) is 0 Å². The van der Waals surface area contributed by atoms with Crippen LogP contribution in [0.2, 0.25) is 0 Å². The first kappa shape index (κ1) is 12.8. The van der Waals surface area contributed by atoms with Gasteiger partial charge in [-0.15, -0.1) is 0 Å². The summed E-state index contributed by atoms with van der Waals surface area (Å²) in [5.41, 5.74) is 1.10. The minimum absolute atomic E-state index is 0.210. The van der Waals surface area contributed by atoms with Crippen LogP contribution in [0.1, 0.15) is 25.0 Å². The van der Waals surface area contributed by atoms with Gasteiger partial charge >= 0.3 is 6.16 Å². The molecule has 0 radical (unpaired) electrons. The van der Waals surface area contributed by atoms with Crippen LogP contribution in [-0.4, -0.2) is 27.3 Å². The second-order valence-corrected chi connectivity index (χ2v) is 5.04. The Morgan fingerprint density at radius 3 is 3.00 bits per heavy atom. The number of rotatable bonds is 4. The number of aryl methyl sites for hydroxylation is 1. The van der Waals surface area contributed by atoms with Crippen molar-refractivity contribution in [2.75, 3.05) is 6.61 Å². The third kappa shape index (κ3) is 2.29. The summed E-state index contributed by atoms with van der Waals surface area (Å²) in [6, 6.07) is 3.63. The van der Waals surface area contributed by atoms with Crippen LogP contribution in [0.4, 0.5) is 4.79 Å². The molecule has 2 aromatic rings. The predicted octanol–water partition coefficient (Wildman–Crippen LogP) is 2.88. The molecule has 0 amide bonds. The normalized spacial score (nSPS) is 15.1. The highest BCUT2D eigenvalue weighted by atomic mass is 16.7. The molecular weight excluding hydrogens is 260 g/mol. The van der Waals surface area contributed by atoms with Gasteiger partial charge in [0.15, 0.2) is 11.4 Å². The standard InChI is InChI=1S/C14H16N2O4/c1-9-13(20-14(17)18)16-7-3-6-11(12(16)15-9)19-8-10-4-2-5-10/h3,6-7,10H,2,4-5,8H2,1H3,(H,17,18). The van der Waals surface area contributed by atoms with Gasteiger partial charge in [-0.3, -0.25) is 4.40 Å². The molecule has 0 spiro atoms. The Morgan fingerprint density at radius 1 is 1.55 bits per heavy atom. The van der Waals surface area contributed by atoms with Crippen LogP contribution in [0.25, 0.3) is 5.65 Å². The van der Waals surface area contributed by atoms with Gasteiger partial charge in [0.2, 0.25) is 5.88 Å². The number of aromatic nitrogens is 2. The number of fused-ring (bicyclic) bond motifs is 1. The lowest BCUT2D eigenvalue weighted by atomic mass is 9.86. The molecular formula is C14H16N2O4. The van der Waals surface area contributed by atoms with Gasteiger partial charge < -0.3 is 14.6 Å². The van der Waals surface area contributed by atoms with Gasteiger partial charge in [0, 0.05) is 6.20 Å². The highest BCUT2D eigenvalue weighted by Crippen LogP contribution is 2.30. The Hall–Kier alpha value is -2.24. The smallest absolute Gasteiger partial charge is 0.489 e. The zero-order valence-corrected chi connectivity index (χ0v) is 11.2. The highest BCUT2D eigenvalue weighted by molar-refractivity contribution is 5.64. The molecule has 0 aliphatic heterocycles. The number of hydrogen-bond acceptors (Lipinski definition) is 4. The van der Waals surface area contributed by atoms with E-state index in [1.807, 2.05) is 6.07 Å². The summed E-state index contributed by atoms with van der Waals surface area (Å²) < 4.78 is 12.2. The van der Waals surface area contributed by atoms with E-state index in [2.05, 4.69) is 4.98 Å². The third-order valence-corrected chi connectivity index (χ3v) is 3.62. The summed E-state index contributed by atoms with van der Waals surface area (Å²) in [5.74, 6) is 1.49. The Bertz CT molecular complexity index is 646. The summed E-state index contributed by atoms with van der Waals surface area (Å²) >= 11 is 0. The molecule has 0 bridgehead atoms. The molecule has 106 valence electrons. The number of carboxylic acid groups (broad SMARTS) is 1. The van der Waals surface area contributed by atoms with E-state index in [-0.39, 0.29) is 5.88 Å². The van der Waals surface area contributed by atoms with Crippen molar-refractivity contribution in [2.24, 2.45) is 5.92 Å². The lowest BCUT2D eigenvalue weighted by Crippen LogP contribution is -2.19. The van der Waals surface area contributed by atoms with Crippen molar-refractivity contribution >= 4 is 11.8 Å². The second-order valence-electron chi connectivity index (χ2n) is 5.04. The Kier molecular flexibility index (Phi) is 3.22. The monoisotopic (exact) mass is 276 g/mol. The van der Waals surface area contributed by atoms with Crippen molar-refractivity contribution in [1.82, 2.24) is 9.38 Å². The number of nitrogens with zero attached hydrogens (tertiary/aromatic N) is 2. The first-order valence-corrected chi connectivity index (χ1v) is 6.66. The quantitative estimate of drug-likeness (QED) is 0.869. The molecule has 1 aliphatic carbocycles.